The second-order valence-corrected chi connectivity index (χ2v) is 6.47. The molecule has 1 N–H and O–H groups in total. The third kappa shape index (κ3) is 2.91. The van der Waals surface area contributed by atoms with E-state index < -0.39 is 5.91 Å². The van der Waals surface area contributed by atoms with Crippen molar-refractivity contribution in [3.63, 3.8) is 0 Å². The Labute approximate surface area is 151 Å². The Morgan fingerprint density at radius 2 is 1.88 bits per heavy atom. The molecule has 0 radical (unpaired) electrons. The van der Waals surface area contributed by atoms with E-state index in [4.69, 9.17) is 9.47 Å². The SMILES string of the molecule is Cc1cc(C)n2nc(C(=O)Nc3cc4c(cc3Br)OCCO4)nc2n1. The molecule has 0 atom stereocenters. The van der Waals surface area contributed by atoms with Gasteiger partial charge >= 0.3 is 0 Å². The largest absolute Gasteiger partial charge is 0.486 e. The van der Waals surface area contributed by atoms with Crippen LogP contribution in [-0.4, -0.2) is 38.7 Å². The molecule has 0 spiro atoms. The minimum atomic E-state index is -0.431. The number of ether oxygens (including phenoxy) is 2. The molecule has 4 rings (SSSR count). The highest BCUT2D eigenvalue weighted by Crippen LogP contribution is 2.38. The molecule has 25 heavy (non-hydrogen) atoms. The Hall–Kier alpha value is -2.68. The van der Waals surface area contributed by atoms with Gasteiger partial charge in [0.25, 0.3) is 11.7 Å². The zero-order valence-electron chi connectivity index (χ0n) is 13.5. The van der Waals surface area contributed by atoms with Crippen LogP contribution in [0.2, 0.25) is 0 Å². The lowest BCUT2D eigenvalue weighted by Crippen LogP contribution is -2.17. The number of hydrogen-bond donors (Lipinski definition) is 1. The van der Waals surface area contributed by atoms with Gasteiger partial charge in [0.2, 0.25) is 5.82 Å². The first-order chi connectivity index (χ1) is 12.0. The molecule has 0 saturated heterocycles. The van der Waals surface area contributed by atoms with Crippen LogP contribution in [0, 0.1) is 13.8 Å². The zero-order chi connectivity index (χ0) is 17.6. The van der Waals surface area contributed by atoms with Crippen molar-refractivity contribution in [1.82, 2.24) is 19.6 Å². The van der Waals surface area contributed by atoms with Gasteiger partial charge in [0.05, 0.1) is 5.69 Å². The quantitative estimate of drug-likeness (QED) is 0.706. The second kappa shape index (κ2) is 5.99. The Morgan fingerprint density at radius 1 is 1.16 bits per heavy atom. The number of nitrogens with one attached hydrogen (secondary N) is 1. The number of benzene rings is 1. The van der Waals surface area contributed by atoms with Crippen molar-refractivity contribution in [2.45, 2.75) is 13.8 Å². The Balaban J connectivity index is 1.65. The maximum absolute atomic E-state index is 12.5. The van der Waals surface area contributed by atoms with E-state index in [0.717, 1.165) is 11.4 Å². The molecule has 0 aliphatic carbocycles. The standard InChI is InChI=1S/C16H14BrN5O3/c1-8-5-9(2)22-16(18-8)20-14(21-22)15(23)19-11-7-13-12(6-10(11)17)24-3-4-25-13/h5-7H,3-4H2,1-2H3,(H,19,23). The smallest absolute Gasteiger partial charge is 0.295 e. The molecule has 2 aromatic heterocycles. The third-order valence-corrected chi connectivity index (χ3v) is 4.36. The number of amides is 1. The first-order valence-electron chi connectivity index (χ1n) is 7.63. The molecule has 0 fully saturated rings. The number of hydrogen-bond acceptors (Lipinski definition) is 6. The van der Waals surface area contributed by atoms with Crippen LogP contribution >= 0.6 is 15.9 Å². The fourth-order valence-electron chi connectivity index (χ4n) is 2.60. The lowest BCUT2D eigenvalue weighted by molar-refractivity contribution is 0.101. The van der Waals surface area contributed by atoms with Crippen LogP contribution in [-0.2, 0) is 0 Å². The van der Waals surface area contributed by atoms with E-state index in [1.54, 1.807) is 16.6 Å². The summed E-state index contributed by atoms with van der Waals surface area (Å²) in [6.45, 7) is 4.73. The summed E-state index contributed by atoms with van der Waals surface area (Å²) in [5.41, 5.74) is 2.22. The number of nitrogens with zero attached hydrogens (tertiary/aromatic N) is 4. The van der Waals surface area contributed by atoms with Crippen LogP contribution in [0.15, 0.2) is 22.7 Å². The van der Waals surface area contributed by atoms with Crippen molar-refractivity contribution >= 4 is 33.3 Å². The topological polar surface area (TPSA) is 90.6 Å². The van der Waals surface area contributed by atoms with E-state index >= 15 is 0 Å². The number of halogens is 1. The molecule has 128 valence electrons. The third-order valence-electron chi connectivity index (χ3n) is 3.70. The molecule has 0 unspecified atom stereocenters. The van der Waals surface area contributed by atoms with Gasteiger partial charge in [-0.05, 0) is 35.8 Å². The van der Waals surface area contributed by atoms with Gasteiger partial charge in [-0.1, -0.05) is 0 Å². The maximum atomic E-state index is 12.5. The van der Waals surface area contributed by atoms with Crippen LogP contribution in [0.25, 0.3) is 5.78 Å². The fraction of sp³-hybridized carbons (Fsp3) is 0.250. The molecule has 1 aliphatic rings. The number of aromatic nitrogens is 4. The van der Waals surface area contributed by atoms with Gasteiger partial charge in [0.15, 0.2) is 11.5 Å². The van der Waals surface area contributed by atoms with E-state index in [2.05, 4.69) is 36.3 Å². The van der Waals surface area contributed by atoms with Crippen molar-refractivity contribution in [3.05, 3.63) is 39.9 Å². The van der Waals surface area contributed by atoms with Crippen molar-refractivity contribution < 1.29 is 14.3 Å². The zero-order valence-corrected chi connectivity index (χ0v) is 15.1. The highest BCUT2D eigenvalue weighted by molar-refractivity contribution is 9.10. The molecule has 1 aromatic carbocycles. The van der Waals surface area contributed by atoms with Crippen LogP contribution in [0.5, 0.6) is 11.5 Å². The second-order valence-electron chi connectivity index (χ2n) is 5.62. The van der Waals surface area contributed by atoms with Crippen LogP contribution in [0.4, 0.5) is 5.69 Å². The summed E-state index contributed by atoms with van der Waals surface area (Å²) >= 11 is 3.42. The van der Waals surface area contributed by atoms with E-state index in [-0.39, 0.29) is 5.82 Å². The van der Waals surface area contributed by atoms with Gasteiger partial charge in [0, 0.05) is 28.0 Å². The van der Waals surface area contributed by atoms with Crippen molar-refractivity contribution in [1.29, 1.82) is 0 Å². The van der Waals surface area contributed by atoms with Gasteiger partial charge in [-0.15, -0.1) is 5.10 Å². The highest BCUT2D eigenvalue weighted by Gasteiger charge is 2.19. The van der Waals surface area contributed by atoms with Crippen molar-refractivity contribution in [2.24, 2.45) is 0 Å². The average molecular weight is 404 g/mol. The normalized spacial score (nSPS) is 13.1. The van der Waals surface area contributed by atoms with E-state index in [9.17, 15) is 4.79 Å². The molecular weight excluding hydrogens is 390 g/mol. The fourth-order valence-corrected chi connectivity index (χ4v) is 3.02. The first kappa shape index (κ1) is 15.8. The van der Waals surface area contributed by atoms with Gasteiger partial charge in [-0.2, -0.15) is 4.98 Å². The van der Waals surface area contributed by atoms with E-state index in [0.29, 0.717) is 40.7 Å². The summed E-state index contributed by atoms with van der Waals surface area (Å²) in [5, 5.41) is 7.01. The van der Waals surface area contributed by atoms with Gasteiger partial charge in [-0.3, -0.25) is 4.79 Å². The minimum Gasteiger partial charge on any atom is -0.486 e. The Morgan fingerprint density at radius 3 is 2.64 bits per heavy atom. The van der Waals surface area contributed by atoms with Crippen LogP contribution in [0.3, 0.4) is 0 Å². The lowest BCUT2D eigenvalue weighted by atomic mass is 10.2. The molecule has 0 saturated carbocycles. The molecule has 3 aromatic rings. The summed E-state index contributed by atoms with van der Waals surface area (Å²) in [4.78, 5) is 21.0. The molecule has 1 aliphatic heterocycles. The summed E-state index contributed by atoms with van der Waals surface area (Å²) in [6, 6.07) is 5.34. The summed E-state index contributed by atoms with van der Waals surface area (Å²) in [5.74, 6) is 1.23. The maximum Gasteiger partial charge on any atom is 0.295 e. The first-order valence-corrected chi connectivity index (χ1v) is 8.42. The predicted octanol–water partition coefficient (Wildman–Crippen LogP) is 2.53. The molecule has 8 nitrogen and oxygen atoms in total. The molecule has 0 bridgehead atoms. The lowest BCUT2D eigenvalue weighted by Gasteiger charge is -2.19. The number of anilines is 1. The number of carbonyl (C=O) groups excluding carboxylic acids is 1. The minimum absolute atomic E-state index is 0.0444. The molecule has 1 amide bonds. The molecule has 9 heteroatoms. The van der Waals surface area contributed by atoms with Crippen LogP contribution < -0.4 is 14.8 Å². The highest BCUT2D eigenvalue weighted by atomic mass is 79.9. The number of fused-ring (bicyclic) bond motifs is 2. The van der Waals surface area contributed by atoms with Gasteiger partial charge in [0.1, 0.15) is 13.2 Å². The van der Waals surface area contributed by atoms with E-state index in [1.807, 2.05) is 19.9 Å². The van der Waals surface area contributed by atoms with Gasteiger partial charge in [-0.25, -0.2) is 9.50 Å². The average Bonchev–Trinajstić information content (AvgIpc) is 3.00. The monoisotopic (exact) mass is 403 g/mol. The number of rotatable bonds is 2. The van der Waals surface area contributed by atoms with Crippen molar-refractivity contribution in [3.8, 4) is 11.5 Å². The summed E-state index contributed by atoms with van der Waals surface area (Å²) < 4.78 is 13.3. The Bertz CT molecular complexity index is 1000. The van der Waals surface area contributed by atoms with Crippen molar-refractivity contribution in [2.75, 3.05) is 18.5 Å². The summed E-state index contributed by atoms with van der Waals surface area (Å²) in [6.07, 6.45) is 0. The number of aryl methyl sites for hydroxylation is 2. The Kier molecular flexibility index (Phi) is 3.79. The molecule has 3 heterocycles. The van der Waals surface area contributed by atoms with Gasteiger partial charge < -0.3 is 14.8 Å². The molecular formula is C16H14BrN5O3. The van der Waals surface area contributed by atoms with E-state index in [1.165, 1.54) is 0 Å². The van der Waals surface area contributed by atoms with Crippen LogP contribution in [0.1, 0.15) is 22.0 Å². The predicted molar refractivity (Wildman–Crippen MR) is 93.3 cm³/mol. The number of carbonyl (C=O) groups is 1. The summed E-state index contributed by atoms with van der Waals surface area (Å²) in [7, 11) is 0.